The lowest BCUT2D eigenvalue weighted by Crippen LogP contribution is -2.26. The summed E-state index contributed by atoms with van der Waals surface area (Å²) in [6.07, 6.45) is 1.09. The molecule has 5 heteroatoms. The van der Waals surface area contributed by atoms with Crippen LogP contribution < -0.4 is 10.2 Å². The van der Waals surface area contributed by atoms with Crippen molar-refractivity contribution in [1.82, 2.24) is 0 Å². The molecule has 0 aromatic heterocycles. The molecule has 2 aromatic rings. The molecule has 0 spiro atoms. The van der Waals surface area contributed by atoms with Gasteiger partial charge in [-0.25, -0.2) is 0 Å². The second-order valence-electron chi connectivity index (χ2n) is 6.13. The minimum atomic E-state index is -0.135. The van der Waals surface area contributed by atoms with Crippen LogP contribution in [0.5, 0.6) is 0 Å². The van der Waals surface area contributed by atoms with Crippen LogP contribution in [0.1, 0.15) is 30.4 Å². The Labute approximate surface area is 153 Å². The Bertz CT molecular complexity index is 737. The van der Waals surface area contributed by atoms with Crippen molar-refractivity contribution in [3.8, 4) is 0 Å². The molecule has 0 unspecified atom stereocenters. The van der Waals surface area contributed by atoms with E-state index in [0.29, 0.717) is 23.6 Å². The highest BCUT2D eigenvalue weighted by atomic mass is 35.5. The third-order valence-corrected chi connectivity index (χ3v) is 4.31. The zero-order valence-corrected chi connectivity index (χ0v) is 15.6. The van der Waals surface area contributed by atoms with Crippen LogP contribution in [0, 0.1) is 13.8 Å². The summed E-state index contributed by atoms with van der Waals surface area (Å²) in [5.74, 6) is -0.146. The maximum atomic E-state index is 12.2. The van der Waals surface area contributed by atoms with Crippen molar-refractivity contribution in [2.45, 2.75) is 33.1 Å². The zero-order valence-electron chi connectivity index (χ0n) is 14.8. The van der Waals surface area contributed by atoms with Crippen molar-refractivity contribution in [1.29, 1.82) is 0 Å². The van der Waals surface area contributed by atoms with E-state index in [1.54, 1.807) is 11.9 Å². The number of nitrogens with one attached hydrogen (secondary N) is 1. The van der Waals surface area contributed by atoms with E-state index < -0.39 is 0 Å². The Morgan fingerprint density at radius 1 is 1.08 bits per heavy atom. The van der Waals surface area contributed by atoms with Crippen molar-refractivity contribution in [3.63, 3.8) is 0 Å². The summed E-state index contributed by atoms with van der Waals surface area (Å²) in [7, 11) is 1.74. The molecule has 0 saturated carbocycles. The Balaban J connectivity index is 1.84. The predicted octanol–water partition coefficient (Wildman–Crippen LogP) is 4.73. The van der Waals surface area contributed by atoms with Crippen LogP contribution in [0.2, 0.25) is 5.02 Å². The molecule has 0 aliphatic carbocycles. The van der Waals surface area contributed by atoms with Crippen LogP contribution in [-0.4, -0.2) is 18.9 Å². The average molecular weight is 359 g/mol. The van der Waals surface area contributed by atoms with E-state index in [9.17, 15) is 9.59 Å². The lowest BCUT2D eigenvalue weighted by Gasteiger charge is -2.17. The molecule has 0 radical (unpaired) electrons. The van der Waals surface area contributed by atoms with Crippen LogP contribution in [0.25, 0.3) is 0 Å². The normalized spacial score (nSPS) is 10.4. The fraction of sp³-hybridized carbons (Fsp3) is 0.300. The summed E-state index contributed by atoms with van der Waals surface area (Å²) in [6.45, 7) is 3.87. The number of benzene rings is 2. The first kappa shape index (κ1) is 19.0. The van der Waals surface area contributed by atoms with Crippen LogP contribution in [0.4, 0.5) is 11.4 Å². The SMILES string of the molecule is Cc1cc(C)c(NC(=O)CCCC(=O)N(C)c2ccccc2)c(Cl)c1. The Kier molecular flexibility index (Phi) is 6.59. The van der Waals surface area contributed by atoms with E-state index in [4.69, 9.17) is 11.6 Å². The molecule has 0 aliphatic heterocycles. The molecule has 0 saturated heterocycles. The zero-order chi connectivity index (χ0) is 18.4. The number of aryl methyl sites for hydroxylation is 2. The molecule has 0 aliphatic rings. The second kappa shape index (κ2) is 8.67. The summed E-state index contributed by atoms with van der Waals surface area (Å²) in [6, 6.07) is 13.2. The van der Waals surface area contributed by atoms with Gasteiger partial charge in [0.25, 0.3) is 0 Å². The van der Waals surface area contributed by atoms with Crippen LogP contribution >= 0.6 is 11.6 Å². The van der Waals surface area contributed by atoms with Gasteiger partial charge in [0, 0.05) is 25.6 Å². The van der Waals surface area contributed by atoms with Gasteiger partial charge in [-0.3, -0.25) is 9.59 Å². The first-order valence-electron chi connectivity index (χ1n) is 8.26. The topological polar surface area (TPSA) is 49.4 Å². The Morgan fingerprint density at radius 3 is 2.40 bits per heavy atom. The van der Waals surface area contributed by atoms with Gasteiger partial charge in [0.05, 0.1) is 10.7 Å². The fourth-order valence-corrected chi connectivity index (χ4v) is 3.01. The van der Waals surface area contributed by atoms with Gasteiger partial charge in [0.2, 0.25) is 11.8 Å². The molecular formula is C20H23ClN2O2. The van der Waals surface area contributed by atoms with Crippen molar-refractivity contribution in [2.75, 3.05) is 17.3 Å². The second-order valence-corrected chi connectivity index (χ2v) is 6.54. The number of carbonyl (C=O) groups excluding carboxylic acids is 2. The largest absolute Gasteiger partial charge is 0.325 e. The summed E-state index contributed by atoms with van der Waals surface area (Å²) in [5.41, 5.74) is 3.47. The number of halogens is 1. The maximum absolute atomic E-state index is 12.2. The van der Waals surface area contributed by atoms with Crippen molar-refractivity contribution in [2.24, 2.45) is 0 Å². The summed E-state index contributed by atoms with van der Waals surface area (Å²) < 4.78 is 0. The van der Waals surface area contributed by atoms with Gasteiger partial charge in [-0.2, -0.15) is 0 Å². The average Bonchev–Trinajstić information content (AvgIpc) is 2.58. The molecular weight excluding hydrogens is 336 g/mol. The van der Waals surface area contributed by atoms with E-state index in [-0.39, 0.29) is 18.2 Å². The van der Waals surface area contributed by atoms with Crippen molar-refractivity contribution in [3.05, 3.63) is 58.6 Å². The third kappa shape index (κ3) is 5.33. The molecule has 0 atom stereocenters. The van der Waals surface area contributed by atoms with Gasteiger partial charge >= 0.3 is 0 Å². The standard InChI is InChI=1S/C20H23ClN2O2/c1-14-12-15(2)20(17(21)13-14)22-18(24)10-7-11-19(25)23(3)16-8-5-4-6-9-16/h4-6,8-9,12-13H,7,10-11H2,1-3H3,(H,22,24). The smallest absolute Gasteiger partial charge is 0.226 e. The van der Waals surface area contributed by atoms with E-state index >= 15 is 0 Å². The van der Waals surface area contributed by atoms with Crippen LogP contribution in [0.3, 0.4) is 0 Å². The van der Waals surface area contributed by atoms with Crippen LogP contribution in [0.15, 0.2) is 42.5 Å². The van der Waals surface area contributed by atoms with Crippen molar-refractivity contribution < 1.29 is 9.59 Å². The quantitative estimate of drug-likeness (QED) is 0.811. The summed E-state index contributed by atoms with van der Waals surface area (Å²) in [5, 5.41) is 3.38. The third-order valence-electron chi connectivity index (χ3n) is 4.01. The molecule has 2 aromatic carbocycles. The molecule has 0 heterocycles. The van der Waals surface area contributed by atoms with Gasteiger partial charge in [0.15, 0.2) is 0 Å². The van der Waals surface area contributed by atoms with Gasteiger partial charge in [-0.15, -0.1) is 0 Å². The highest BCUT2D eigenvalue weighted by Crippen LogP contribution is 2.27. The minimum absolute atomic E-state index is 0.0106. The van der Waals surface area contributed by atoms with Gasteiger partial charge in [-0.1, -0.05) is 35.9 Å². The number of amides is 2. The first-order valence-corrected chi connectivity index (χ1v) is 8.64. The number of rotatable bonds is 6. The number of nitrogens with zero attached hydrogens (tertiary/aromatic N) is 1. The van der Waals surface area contributed by atoms with E-state index in [1.165, 1.54) is 0 Å². The number of para-hydroxylation sites is 1. The molecule has 2 rings (SSSR count). The molecule has 132 valence electrons. The van der Waals surface area contributed by atoms with E-state index in [0.717, 1.165) is 16.8 Å². The summed E-state index contributed by atoms with van der Waals surface area (Å²) >= 11 is 6.20. The monoisotopic (exact) mass is 358 g/mol. The lowest BCUT2D eigenvalue weighted by atomic mass is 10.1. The Morgan fingerprint density at radius 2 is 1.76 bits per heavy atom. The lowest BCUT2D eigenvalue weighted by molar-refractivity contribution is -0.118. The highest BCUT2D eigenvalue weighted by molar-refractivity contribution is 6.34. The molecule has 25 heavy (non-hydrogen) atoms. The Hall–Kier alpha value is -2.33. The fourth-order valence-electron chi connectivity index (χ4n) is 2.64. The van der Waals surface area contributed by atoms with Crippen molar-refractivity contribution >= 4 is 34.8 Å². The van der Waals surface area contributed by atoms with Gasteiger partial charge in [0.1, 0.15) is 0 Å². The highest BCUT2D eigenvalue weighted by Gasteiger charge is 2.13. The van der Waals surface area contributed by atoms with E-state index in [2.05, 4.69) is 5.32 Å². The number of anilines is 2. The number of hydrogen-bond donors (Lipinski definition) is 1. The van der Waals surface area contributed by atoms with E-state index in [1.807, 2.05) is 56.3 Å². The molecule has 4 nitrogen and oxygen atoms in total. The van der Waals surface area contributed by atoms with Gasteiger partial charge < -0.3 is 10.2 Å². The molecule has 0 fully saturated rings. The summed E-state index contributed by atoms with van der Waals surface area (Å²) in [4.78, 5) is 25.9. The van der Waals surface area contributed by atoms with Gasteiger partial charge in [-0.05, 0) is 49.6 Å². The maximum Gasteiger partial charge on any atom is 0.226 e. The molecule has 0 bridgehead atoms. The molecule has 1 N–H and O–H groups in total. The molecule has 2 amide bonds. The number of hydrogen-bond acceptors (Lipinski definition) is 2. The predicted molar refractivity (Wildman–Crippen MR) is 103 cm³/mol. The minimum Gasteiger partial charge on any atom is -0.325 e. The number of carbonyl (C=O) groups is 2. The van der Waals surface area contributed by atoms with Crippen LogP contribution in [-0.2, 0) is 9.59 Å². The first-order chi connectivity index (χ1) is 11.9.